The zero-order valence-electron chi connectivity index (χ0n) is 11.5. The smallest absolute Gasteiger partial charge is 0.137 e. The quantitative estimate of drug-likeness (QED) is 0.800. The summed E-state index contributed by atoms with van der Waals surface area (Å²) in [6, 6.07) is 12.2. The van der Waals surface area contributed by atoms with Crippen LogP contribution in [0.1, 0.15) is 25.0 Å². The van der Waals surface area contributed by atoms with E-state index in [9.17, 15) is 4.79 Å². The van der Waals surface area contributed by atoms with Crippen LogP contribution in [0.2, 0.25) is 0 Å². The first-order chi connectivity index (χ1) is 9.86. The maximum atomic E-state index is 11.1. The van der Waals surface area contributed by atoms with Crippen LogP contribution >= 0.6 is 0 Å². The third-order valence-corrected chi connectivity index (χ3v) is 3.85. The van der Waals surface area contributed by atoms with E-state index in [4.69, 9.17) is 0 Å². The molecule has 1 atom stereocenters. The molecular formula is C16H19N3O. The van der Waals surface area contributed by atoms with Crippen LogP contribution in [-0.4, -0.2) is 33.6 Å². The summed E-state index contributed by atoms with van der Waals surface area (Å²) in [6.45, 7) is 1.74. The predicted molar refractivity (Wildman–Crippen MR) is 77.7 cm³/mol. The minimum Gasteiger partial charge on any atom is -0.302 e. The summed E-state index contributed by atoms with van der Waals surface area (Å²) in [4.78, 5) is 13.4. The average molecular weight is 269 g/mol. The van der Waals surface area contributed by atoms with Crippen LogP contribution < -0.4 is 0 Å². The first kappa shape index (κ1) is 13.1. The number of carbonyl (C=O) groups excluding carboxylic acids is 1. The van der Waals surface area contributed by atoms with Crippen molar-refractivity contribution < 1.29 is 4.79 Å². The fraction of sp³-hybridized carbons (Fsp3) is 0.375. The lowest BCUT2D eigenvalue weighted by atomic mass is 10.0. The third-order valence-electron chi connectivity index (χ3n) is 3.85. The van der Waals surface area contributed by atoms with E-state index in [0.29, 0.717) is 0 Å². The van der Waals surface area contributed by atoms with Crippen LogP contribution in [0.3, 0.4) is 0 Å². The number of nitrogens with zero attached hydrogens (tertiary/aromatic N) is 3. The molecule has 3 rings (SSSR count). The van der Waals surface area contributed by atoms with Crippen molar-refractivity contribution in [3.8, 4) is 5.69 Å². The predicted octanol–water partition coefficient (Wildman–Crippen LogP) is 2.43. The van der Waals surface area contributed by atoms with Crippen molar-refractivity contribution in [2.75, 3.05) is 6.54 Å². The molecule has 0 amide bonds. The number of hydrogen-bond donors (Lipinski definition) is 0. The Hall–Kier alpha value is -1.94. The first-order valence-corrected chi connectivity index (χ1v) is 7.16. The fourth-order valence-electron chi connectivity index (χ4n) is 2.75. The molecular weight excluding hydrogens is 250 g/mol. The van der Waals surface area contributed by atoms with Crippen molar-refractivity contribution in [2.24, 2.45) is 0 Å². The molecule has 1 aromatic heterocycles. The molecule has 0 radical (unpaired) electrons. The Morgan fingerprint density at radius 1 is 1.20 bits per heavy atom. The van der Waals surface area contributed by atoms with Crippen LogP contribution in [0.25, 0.3) is 5.69 Å². The van der Waals surface area contributed by atoms with Crippen molar-refractivity contribution in [2.45, 2.75) is 31.8 Å². The topological polar surface area (TPSA) is 38.1 Å². The molecule has 20 heavy (non-hydrogen) atoms. The molecule has 1 saturated heterocycles. The zero-order valence-corrected chi connectivity index (χ0v) is 11.5. The van der Waals surface area contributed by atoms with Gasteiger partial charge in [0.25, 0.3) is 0 Å². The number of para-hydroxylation sites is 1. The highest BCUT2D eigenvalue weighted by atomic mass is 16.1. The molecule has 4 nitrogen and oxygen atoms in total. The normalized spacial score (nSPS) is 19.9. The van der Waals surface area contributed by atoms with Gasteiger partial charge >= 0.3 is 0 Å². The Kier molecular flexibility index (Phi) is 3.92. The van der Waals surface area contributed by atoms with Crippen molar-refractivity contribution >= 4 is 6.29 Å². The lowest BCUT2D eigenvalue weighted by molar-refractivity contribution is -0.113. The summed E-state index contributed by atoms with van der Waals surface area (Å²) in [5.74, 6) is 0. The lowest BCUT2D eigenvalue weighted by Crippen LogP contribution is -2.39. The number of likely N-dealkylation sites (tertiary alicyclic amines) is 1. The fourth-order valence-corrected chi connectivity index (χ4v) is 2.75. The van der Waals surface area contributed by atoms with Gasteiger partial charge in [0.05, 0.1) is 17.4 Å². The number of aromatic nitrogens is 2. The van der Waals surface area contributed by atoms with E-state index >= 15 is 0 Å². The molecule has 2 heterocycles. The summed E-state index contributed by atoms with van der Waals surface area (Å²) < 4.78 is 1.88. The van der Waals surface area contributed by atoms with E-state index in [1.165, 1.54) is 6.42 Å². The Morgan fingerprint density at radius 3 is 2.85 bits per heavy atom. The van der Waals surface area contributed by atoms with Crippen LogP contribution in [0.5, 0.6) is 0 Å². The Bertz CT molecular complexity index is 564. The molecule has 4 heteroatoms. The Morgan fingerprint density at radius 2 is 2.05 bits per heavy atom. The molecule has 1 aliphatic rings. The van der Waals surface area contributed by atoms with Gasteiger partial charge in [0, 0.05) is 12.7 Å². The second kappa shape index (κ2) is 6.01. The highest BCUT2D eigenvalue weighted by Gasteiger charge is 2.22. The van der Waals surface area contributed by atoms with E-state index in [1.807, 2.05) is 47.3 Å². The molecule has 0 bridgehead atoms. The van der Waals surface area contributed by atoms with Crippen LogP contribution in [0.15, 0.2) is 42.6 Å². The van der Waals surface area contributed by atoms with Crippen LogP contribution in [0, 0.1) is 0 Å². The Labute approximate surface area is 119 Å². The van der Waals surface area contributed by atoms with E-state index < -0.39 is 0 Å². The number of carbonyl (C=O) groups is 1. The zero-order chi connectivity index (χ0) is 13.8. The van der Waals surface area contributed by atoms with Crippen molar-refractivity contribution in [3.63, 3.8) is 0 Å². The van der Waals surface area contributed by atoms with Gasteiger partial charge in [-0.2, -0.15) is 5.10 Å². The number of piperidine rings is 1. The second-order valence-electron chi connectivity index (χ2n) is 5.26. The molecule has 2 aromatic rings. The van der Waals surface area contributed by atoms with E-state index in [-0.39, 0.29) is 6.04 Å². The van der Waals surface area contributed by atoms with Crippen molar-refractivity contribution in [1.29, 1.82) is 0 Å². The first-order valence-electron chi connectivity index (χ1n) is 7.16. The standard InChI is InChI=1S/C16H19N3O/c20-13-16-8-4-5-10-18(16)12-14-9-11-19(17-14)15-6-2-1-3-7-15/h1-3,6-7,9,11,13,16H,4-5,8,10,12H2. The number of aldehydes is 1. The number of hydrogen-bond acceptors (Lipinski definition) is 3. The highest BCUT2D eigenvalue weighted by Crippen LogP contribution is 2.18. The molecule has 1 fully saturated rings. The van der Waals surface area contributed by atoms with Gasteiger partial charge in [-0.15, -0.1) is 0 Å². The average Bonchev–Trinajstić information content (AvgIpc) is 2.97. The minimum absolute atomic E-state index is 0.0608. The number of rotatable bonds is 4. The van der Waals surface area contributed by atoms with Gasteiger partial charge in [0.1, 0.15) is 6.29 Å². The number of benzene rings is 1. The van der Waals surface area contributed by atoms with E-state index in [0.717, 1.165) is 43.6 Å². The molecule has 1 unspecified atom stereocenters. The third kappa shape index (κ3) is 2.80. The molecule has 1 aliphatic heterocycles. The molecule has 1 aromatic carbocycles. The van der Waals surface area contributed by atoms with Gasteiger partial charge in [-0.3, -0.25) is 4.90 Å². The largest absolute Gasteiger partial charge is 0.302 e. The molecule has 0 saturated carbocycles. The second-order valence-corrected chi connectivity index (χ2v) is 5.26. The highest BCUT2D eigenvalue weighted by molar-refractivity contribution is 5.57. The van der Waals surface area contributed by atoms with Gasteiger partial charge in [-0.05, 0) is 37.6 Å². The minimum atomic E-state index is 0.0608. The monoisotopic (exact) mass is 269 g/mol. The van der Waals surface area contributed by atoms with E-state index in [2.05, 4.69) is 10.00 Å². The maximum Gasteiger partial charge on any atom is 0.137 e. The summed E-state index contributed by atoms with van der Waals surface area (Å²) in [5, 5.41) is 4.60. The van der Waals surface area contributed by atoms with Gasteiger partial charge < -0.3 is 4.79 Å². The Balaban J connectivity index is 1.72. The summed E-state index contributed by atoms with van der Waals surface area (Å²) in [6.07, 6.45) is 6.35. The molecule has 0 aliphatic carbocycles. The van der Waals surface area contributed by atoms with Crippen LogP contribution in [-0.2, 0) is 11.3 Å². The van der Waals surface area contributed by atoms with Gasteiger partial charge in [-0.25, -0.2) is 4.68 Å². The summed E-state index contributed by atoms with van der Waals surface area (Å²) in [5.41, 5.74) is 2.08. The van der Waals surface area contributed by atoms with Gasteiger partial charge in [0.15, 0.2) is 0 Å². The van der Waals surface area contributed by atoms with Gasteiger partial charge in [0.2, 0.25) is 0 Å². The lowest BCUT2D eigenvalue weighted by Gasteiger charge is -2.31. The SMILES string of the molecule is O=CC1CCCCN1Cc1ccn(-c2ccccc2)n1. The molecule has 104 valence electrons. The summed E-state index contributed by atoms with van der Waals surface area (Å²) >= 11 is 0. The van der Waals surface area contributed by atoms with E-state index in [1.54, 1.807) is 0 Å². The molecule has 0 spiro atoms. The van der Waals surface area contributed by atoms with Crippen LogP contribution in [0.4, 0.5) is 0 Å². The van der Waals surface area contributed by atoms with Crippen molar-refractivity contribution in [3.05, 3.63) is 48.3 Å². The van der Waals surface area contributed by atoms with Crippen molar-refractivity contribution in [1.82, 2.24) is 14.7 Å². The van der Waals surface area contributed by atoms with Gasteiger partial charge in [-0.1, -0.05) is 24.6 Å². The molecule has 0 N–H and O–H groups in total. The maximum absolute atomic E-state index is 11.1. The summed E-state index contributed by atoms with van der Waals surface area (Å²) in [7, 11) is 0.